The predicted molar refractivity (Wildman–Crippen MR) is 136 cm³/mol. The quantitative estimate of drug-likeness (QED) is 0.256. The molecule has 0 aromatic heterocycles. The van der Waals surface area contributed by atoms with Crippen LogP contribution in [0.3, 0.4) is 0 Å². The number of hydrogen-bond donors (Lipinski definition) is 1. The van der Waals surface area contributed by atoms with Gasteiger partial charge in [-0.2, -0.15) is 26.3 Å². The van der Waals surface area contributed by atoms with Crippen molar-refractivity contribution in [3.8, 4) is 11.1 Å². The van der Waals surface area contributed by atoms with E-state index in [1.807, 2.05) is 25.1 Å². The molecule has 0 spiro atoms. The van der Waals surface area contributed by atoms with Crippen LogP contribution in [0.5, 0.6) is 0 Å². The molecule has 2 atom stereocenters. The maximum absolute atomic E-state index is 13.4. The number of nitrogens with two attached hydrogens (primary N) is 1. The van der Waals surface area contributed by atoms with Crippen molar-refractivity contribution in [3.05, 3.63) is 88.0 Å². The molecule has 4 nitrogen and oxygen atoms in total. The maximum Gasteiger partial charge on any atom is 0.416 e. The monoisotopic (exact) mass is 550 g/mol. The lowest BCUT2D eigenvalue weighted by atomic mass is 9.91. The van der Waals surface area contributed by atoms with Crippen molar-refractivity contribution in [2.75, 3.05) is 5.73 Å². The van der Waals surface area contributed by atoms with Gasteiger partial charge in [0.1, 0.15) is 6.10 Å². The van der Waals surface area contributed by atoms with E-state index >= 15 is 0 Å². The molecule has 0 aliphatic carbocycles. The van der Waals surface area contributed by atoms with Gasteiger partial charge in [-0.05, 0) is 83.5 Å². The number of rotatable bonds is 5. The van der Waals surface area contributed by atoms with Crippen molar-refractivity contribution >= 4 is 11.8 Å². The zero-order valence-electron chi connectivity index (χ0n) is 21.7. The minimum Gasteiger partial charge on any atom is -0.439 e. The molecule has 39 heavy (non-hydrogen) atoms. The molecule has 4 rings (SSSR count). The first-order valence-corrected chi connectivity index (χ1v) is 12.3. The number of alkyl halides is 6. The van der Waals surface area contributed by atoms with E-state index in [0.29, 0.717) is 23.4 Å². The molecule has 3 aromatic carbocycles. The molecule has 0 radical (unpaired) electrons. The molecule has 0 bridgehead atoms. The molecule has 1 aliphatic rings. The van der Waals surface area contributed by atoms with Crippen LogP contribution >= 0.6 is 0 Å². The average molecular weight is 551 g/mol. The van der Waals surface area contributed by atoms with Crippen LogP contribution in [0.25, 0.3) is 11.1 Å². The standard InChI is InChI=1S/C29H28F6N2O2/c1-15(2)18-6-5-16(3)25(12-18)24-8-7-23(36)11-20(24)14-37-17(4)26(39-27(37)38)19-9-21(28(30,31)32)13-22(10-19)29(33,34)35/h5-13,15,17,26H,14,36H2,1-4H3/t17-,26?/m0/s1. The smallest absolute Gasteiger partial charge is 0.416 e. The normalized spacial score (nSPS) is 18.1. The van der Waals surface area contributed by atoms with Crippen molar-refractivity contribution in [2.24, 2.45) is 0 Å². The molecule has 10 heteroatoms. The van der Waals surface area contributed by atoms with E-state index in [1.54, 1.807) is 12.1 Å². The Balaban J connectivity index is 1.72. The third kappa shape index (κ3) is 5.84. The molecular formula is C29H28F6N2O2. The summed E-state index contributed by atoms with van der Waals surface area (Å²) in [4.78, 5) is 14.2. The summed E-state index contributed by atoms with van der Waals surface area (Å²) >= 11 is 0. The SMILES string of the molecule is Cc1ccc(C(C)C)cc1-c1ccc(N)cc1CN1C(=O)OC(c2cc(C(F)(F)F)cc(C(F)(F)F)c2)[C@@H]1C. The number of nitrogens with zero attached hydrogens (tertiary/aromatic N) is 1. The molecule has 1 heterocycles. The van der Waals surface area contributed by atoms with E-state index in [4.69, 9.17) is 10.5 Å². The number of hydrogen-bond acceptors (Lipinski definition) is 3. The fraction of sp³-hybridized carbons (Fsp3) is 0.345. The molecule has 208 valence electrons. The topological polar surface area (TPSA) is 55.6 Å². The van der Waals surface area contributed by atoms with Crippen LogP contribution in [0.15, 0.2) is 54.6 Å². The highest BCUT2D eigenvalue weighted by Gasteiger charge is 2.43. The third-order valence-corrected chi connectivity index (χ3v) is 7.02. The van der Waals surface area contributed by atoms with E-state index in [2.05, 4.69) is 19.9 Å². The Bertz CT molecular complexity index is 1370. The van der Waals surface area contributed by atoms with Crippen LogP contribution in [0.4, 0.5) is 36.8 Å². The van der Waals surface area contributed by atoms with E-state index in [1.165, 1.54) is 11.8 Å². The van der Waals surface area contributed by atoms with Gasteiger partial charge in [0.15, 0.2) is 0 Å². The van der Waals surface area contributed by atoms with Gasteiger partial charge in [-0.3, -0.25) is 4.90 Å². The second-order valence-electron chi connectivity index (χ2n) is 10.2. The average Bonchev–Trinajstić information content (AvgIpc) is 3.11. The summed E-state index contributed by atoms with van der Waals surface area (Å²) in [5, 5.41) is 0. The number of anilines is 1. The summed E-state index contributed by atoms with van der Waals surface area (Å²) in [6, 6.07) is 11.8. The zero-order valence-corrected chi connectivity index (χ0v) is 21.7. The number of benzene rings is 3. The molecule has 1 aliphatic heterocycles. The van der Waals surface area contributed by atoms with Gasteiger partial charge in [-0.25, -0.2) is 4.79 Å². The van der Waals surface area contributed by atoms with Gasteiger partial charge in [0.25, 0.3) is 0 Å². The Morgan fingerprint density at radius 3 is 2.08 bits per heavy atom. The van der Waals surface area contributed by atoms with Gasteiger partial charge < -0.3 is 10.5 Å². The molecule has 0 saturated carbocycles. The Morgan fingerprint density at radius 1 is 0.897 bits per heavy atom. The summed E-state index contributed by atoms with van der Waals surface area (Å²) in [5.41, 5.74) is 7.69. The van der Waals surface area contributed by atoms with E-state index in [9.17, 15) is 31.1 Å². The molecule has 1 saturated heterocycles. The van der Waals surface area contributed by atoms with Crippen molar-refractivity contribution in [2.45, 2.75) is 64.7 Å². The fourth-order valence-electron chi connectivity index (χ4n) is 4.78. The number of nitrogen functional groups attached to an aromatic ring is 1. The Kier molecular flexibility index (Phi) is 7.35. The number of carbonyl (C=O) groups excluding carboxylic acids is 1. The Morgan fingerprint density at radius 2 is 1.51 bits per heavy atom. The molecule has 1 unspecified atom stereocenters. The molecule has 3 aromatic rings. The Hall–Kier alpha value is -3.69. The number of amides is 1. The molecule has 1 amide bonds. The van der Waals surface area contributed by atoms with Crippen LogP contribution in [-0.2, 0) is 23.6 Å². The highest BCUT2D eigenvalue weighted by molar-refractivity contribution is 5.75. The first-order chi connectivity index (χ1) is 18.1. The van der Waals surface area contributed by atoms with Gasteiger partial charge in [0, 0.05) is 5.69 Å². The molecular weight excluding hydrogens is 522 g/mol. The minimum atomic E-state index is -5.01. The maximum atomic E-state index is 13.4. The van der Waals surface area contributed by atoms with E-state index in [0.717, 1.165) is 22.3 Å². The Labute approximate surface area is 222 Å². The summed E-state index contributed by atoms with van der Waals surface area (Å²) in [7, 11) is 0. The van der Waals surface area contributed by atoms with Gasteiger partial charge in [0.05, 0.1) is 23.7 Å². The van der Waals surface area contributed by atoms with E-state index < -0.39 is 41.7 Å². The number of halogens is 6. The number of aryl methyl sites for hydroxylation is 1. The molecule has 1 fully saturated rings. The van der Waals surface area contributed by atoms with Gasteiger partial charge in [-0.15, -0.1) is 0 Å². The van der Waals surface area contributed by atoms with Crippen LogP contribution in [0.2, 0.25) is 0 Å². The van der Waals surface area contributed by atoms with Crippen LogP contribution in [-0.4, -0.2) is 17.0 Å². The van der Waals surface area contributed by atoms with Crippen LogP contribution in [0.1, 0.15) is 66.2 Å². The van der Waals surface area contributed by atoms with Crippen molar-refractivity contribution in [3.63, 3.8) is 0 Å². The van der Waals surface area contributed by atoms with Gasteiger partial charge >= 0.3 is 18.4 Å². The highest BCUT2D eigenvalue weighted by Crippen LogP contribution is 2.42. The second-order valence-corrected chi connectivity index (χ2v) is 10.2. The highest BCUT2D eigenvalue weighted by atomic mass is 19.4. The summed E-state index contributed by atoms with van der Waals surface area (Å²) < 4.78 is 85.9. The summed E-state index contributed by atoms with van der Waals surface area (Å²) in [5.74, 6) is 0.268. The van der Waals surface area contributed by atoms with Gasteiger partial charge in [0.2, 0.25) is 0 Å². The first-order valence-electron chi connectivity index (χ1n) is 12.3. The lowest BCUT2D eigenvalue weighted by Crippen LogP contribution is -2.31. The summed E-state index contributed by atoms with van der Waals surface area (Å²) in [6.45, 7) is 7.61. The predicted octanol–water partition coefficient (Wildman–Crippen LogP) is 8.49. The summed E-state index contributed by atoms with van der Waals surface area (Å²) in [6.07, 6.45) is -12.2. The zero-order chi connectivity index (χ0) is 28.9. The lowest BCUT2D eigenvalue weighted by Gasteiger charge is -2.24. The van der Waals surface area contributed by atoms with Crippen molar-refractivity contribution in [1.29, 1.82) is 0 Å². The van der Waals surface area contributed by atoms with Gasteiger partial charge in [-0.1, -0.05) is 38.1 Å². The van der Waals surface area contributed by atoms with Crippen LogP contribution < -0.4 is 5.73 Å². The number of carbonyl (C=O) groups is 1. The first kappa shape index (κ1) is 28.3. The van der Waals surface area contributed by atoms with E-state index in [-0.39, 0.29) is 24.1 Å². The third-order valence-electron chi connectivity index (χ3n) is 7.02. The largest absolute Gasteiger partial charge is 0.439 e. The lowest BCUT2D eigenvalue weighted by molar-refractivity contribution is -0.143. The number of ether oxygens (including phenoxy) is 1. The minimum absolute atomic E-state index is 0.00664. The molecule has 2 N–H and O–H groups in total. The van der Waals surface area contributed by atoms with Crippen LogP contribution in [0, 0.1) is 6.92 Å². The number of cyclic esters (lactones) is 1. The van der Waals surface area contributed by atoms with Crippen molar-refractivity contribution < 1.29 is 35.9 Å². The van der Waals surface area contributed by atoms with Crippen molar-refractivity contribution in [1.82, 2.24) is 4.90 Å². The second kappa shape index (κ2) is 10.1. The fourth-order valence-corrected chi connectivity index (χ4v) is 4.78.